The smallest absolute Gasteiger partial charge is 0.316 e. The molecule has 0 saturated carbocycles. The van der Waals surface area contributed by atoms with E-state index in [1.165, 1.54) is 19.2 Å². The molecule has 1 aromatic carbocycles. The molecule has 0 saturated heterocycles. The van der Waals surface area contributed by atoms with E-state index in [0.717, 1.165) is 0 Å². The third-order valence-electron chi connectivity index (χ3n) is 1.86. The van der Waals surface area contributed by atoms with E-state index < -0.39 is 6.03 Å². The van der Waals surface area contributed by atoms with Crippen LogP contribution in [0.5, 0.6) is 5.75 Å². The number of amidine groups is 1. The van der Waals surface area contributed by atoms with E-state index in [0.29, 0.717) is 17.0 Å². The molecule has 6 N–H and O–H groups in total. The second-order valence-electron chi connectivity index (χ2n) is 2.89. The summed E-state index contributed by atoms with van der Waals surface area (Å²) >= 11 is 0. The Kier molecular flexibility index (Phi) is 3.54. The molecule has 0 bridgehead atoms. The van der Waals surface area contributed by atoms with E-state index in [4.69, 9.17) is 21.4 Å². The highest BCUT2D eigenvalue weighted by atomic mass is 16.5. The van der Waals surface area contributed by atoms with Gasteiger partial charge in [0.15, 0.2) is 5.84 Å². The Morgan fingerprint density at radius 3 is 2.69 bits per heavy atom. The second-order valence-corrected chi connectivity index (χ2v) is 2.89. The fraction of sp³-hybridized carbons (Fsp3) is 0.111. The first-order valence-electron chi connectivity index (χ1n) is 4.31. The monoisotopic (exact) mass is 224 g/mol. The standard InChI is InChI=1S/C9H12N4O3/c1-16-7-4-5(8(10)13-15)2-3-6(7)12-9(11)14/h2-4,15H,1H3,(H2,10,13)(H3,11,12,14). The number of nitrogens with one attached hydrogen (secondary N) is 1. The molecule has 0 aliphatic rings. The van der Waals surface area contributed by atoms with Crippen LogP contribution in [0.3, 0.4) is 0 Å². The van der Waals surface area contributed by atoms with Crippen LogP contribution in [0.2, 0.25) is 0 Å². The number of primary amides is 1. The molecule has 0 radical (unpaired) electrons. The molecule has 0 fully saturated rings. The minimum atomic E-state index is -0.699. The minimum absolute atomic E-state index is 0.0519. The molecule has 1 aromatic rings. The Hall–Kier alpha value is -2.44. The summed E-state index contributed by atoms with van der Waals surface area (Å²) in [5.41, 5.74) is 11.3. The number of benzene rings is 1. The zero-order valence-corrected chi connectivity index (χ0v) is 8.60. The SMILES string of the molecule is COc1cc(/C(N)=N/O)ccc1NC(N)=O. The lowest BCUT2D eigenvalue weighted by Crippen LogP contribution is -2.20. The van der Waals surface area contributed by atoms with Gasteiger partial charge in [-0.1, -0.05) is 5.16 Å². The molecule has 7 nitrogen and oxygen atoms in total. The number of oxime groups is 1. The lowest BCUT2D eigenvalue weighted by atomic mass is 10.1. The average molecular weight is 224 g/mol. The van der Waals surface area contributed by atoms with Crippen LogP contribution in [0.15, 0.2) is 23.4 Å². The summed E-state index contributed by atoms with van der Waals surface area (Å²) in [4.78, 5) is 10.7. The predicted octanol–water partition coefficient (Wildman–Crippen LogP) is 0.280. The van der Waals surface area contributed by atoms with Crippen molar-refractivity contribution < 1.29 is 14.7 Å². The largest absolute Gasteiger partial charge is 0.495 e. The number of nitrogens with two attached hydrogens (primary N) is 2. The van der Waals surface area contributed by atoms with E-state index in [1.54, 1.807) is 6.07 Å². The predicted molar refractivity (Wildman–Crippen MR) is 58.7 cm³/mol. The molecule has 0 aliphatic heterocycles. The molecule has 0 aromatic heterocycles. The topological polar surface area (TPSA) is 123 Å². The summed E-state index contributed by atoms with van der Waals surface area (Å²) in [6, 6.07) is 3.91. The van der Waals surface area contributed by atoms with Gasteiger partial charge in [0, 0.05) is 5.56 Å². The van der Waals surface area contributed by atoms with Gasteiger partial charge in [0.25, 0.3) is 0 Å². The number of methoxy groups -OCH3 is 1. The van der Waals surface area contributed by atoms with E-state index in [-0.39, 0.29) is 5.84 Å². The lowest BCUT2D eigenvalue weighted by molar-refractivity contribution is 0.259. The number of hydrogen-bond acceptors (Lipinski definition) is 4. The van der Waals surface area contributed by atoms with E-state index in [1.807, 2.05) is 0 Å². The minimum Gasteiger partial charge on any atom is -0.495 e. The van der Waals surface area contributed by atoms with Gasteiger partial charge in [0.2, 0.25) is 0 Å². The van der Waals surface area contributed by atoms with Crippen LogP contribution in [0.4, 0.5) is 10.5 Å². The summed E-state index contributed by atoms with van der Waals surface area (Å²) in [5.74, 6) is 0.312. The van der Waals surface area contributed by atoms with Crippen molar-refractivity contribution in [3.8, 4) is 5.75 Å². The van der Waals surface area contributed by atoms with Crippen molar-refractivity contribution >= 4 is 17.6 Å². The summed E-state index contributed by atoms with van der Waals surface area (Å²) in [6.45, 7) is 0. The lowest BCUT2D eigenvalue weighted by Gasteiger charge is -2.09. The van der Waals surface area contributed by atoms with Crippen LogP contribution in [-0.4, -0.2) is 24.2 Å². The molecule has 7 heteroatoms. The molecule has 2 amide bonds. The third kappa shape index (κ3) is 2.53. The zero-order valence-electron chi connectivity index (χ0n) is 8.60. The highest BCUT2D eigenvalue weighted by Crippen LogP contribution is 2.25. The first-order chi connectivity index (χ1) is 7.58. The van der Waals surface area contributed by atoms with Crippen LogP contribution in [0.25, 0.3) is 0 Å². The van der Waals surface area contributed by atoms with Crippen molar-refractivity contribution in [1.29, 1.82) is 0 Å². The highest BCUT2D eigenvalue weighted by molar-refractivity contribution is 5.98. The Labute approximate surface area is 91.7 Å². The number of anilines is 1. The fourth-order valence-electron chi connectivity index (χ4n) is 1.14. The molecule has 0 spiro atoms. The Balaban J connectivity index is 3.11. The maximum Gasteiger partial charge on any atom is 0.316 e. The number of nitrogens with zero attached hydrogens (tertiary/aromatic N) is 1. The normalized spacial score (nSPS) is 10.9. The van der Waals surface area contributed by atoms with Gasteiger partial charge in [0.1, 0.15) is 5.75 Å². The van der Waals surface area contributed by atoms with Crippen LogP contribution >= 0.6 is 0 Å². The van der Waals surface area contributed by atoms with Crippen molar-refractivity contribution in [2.75, 3.05) is 12.4 Å². The number of amides is 2. The summed E-state index contributed by atoms with van der Waals surface area (Å²) in [7, 11) is 1.43. The van der Waals surface area contributed by atoms with Gasteiger partial charge in [-0.15, -0.1) is 0 Å². The molecule has 0 heterocycles. The van der Waals surface area contributed by atoms with Crippen LogP contribution < -0.4 is 21.5 Å². The van der Waals surface area contributed by atoms with Gasteiger partial charge in [-0.25, -0.2) is 4.79 Å². The van der Waals surface area contributed by atoms with Gasteiger partial charge >= 0.3 is 6.03 Å². The first-order valence-corrected chi connectivity index (χ1v) is 4.31. The molecular formula is C9H12N4O3. The van der Waals surface area contributed by atoms with Gasteiger partial charge in [-0.05, 0) is 18.2 Å². The van der Waals surface area contributed by atoms with E-state index in [2.05, 4.69) is 10.5 Å². The fourth-order valence-corrected chi connectivity index (χ4v) is 1.14. The summed E-state index contributed by atoms with van der Waals surface area (Å²) in [6.07, 6.45) is 0. The average Bonchev–Trinajstić information content (AvgIpc) is 2.27. The Morgan fingerprint density at radius 2 is 2.19 bits per heavy atom. The zero-order chi connectivity index (χ0) is 12.1. The highest BCUT2D eigenvalue weighted by Gasteiger charge is 2.08. The van der Waals surface area contributed by atoms with Gasteiger partial charge in [0.05, 0.1) is 12.8 Å². The maximum atomic E-state index is 10.7. The van der Waals surface area contributed by atoms with Crippen LogP contribution in [0, 0.1) is 0 Å². The Morgan fingerprint density at radius 1 is 1.50 bits per heavy atom. The number of ether oxygens (including phenoxy) is 1. The van der Waals surface area contributed by atoms with Crippen molar-refractivity contribution in [3.05, 3.63) is 23.8 Å². The van der Waals surface area contributed by atoms with Crippen molar-refractivity contribution in [2.24, 2.45) is 16.6 Å². The van der Waals surface area contributed by atoms with Crippen molar-refractivity contribution in [3.63, 3.8) is 0 Å². The van der Waals surface area contributed by atoms with Gasteiger partial charge in [-0.3, -0.25) is 0 Å². The number of rotatable bonds is 3. The van der Waals surface area contributed by atoms with E-state index >= 15 is 0 Å². The van der Waals surface area contributed by atoms with Gasteiger partial charge < -0.3 is 26.7 Å². The summed E-state index contributed by atoms with van der Waals surface area (Å²) < 4.78 is 5.02. The maximum absolute atomic E-state index is 10.7. The Bertz CT molecular complexity index is 431. The number of urea groups is 1. The number of hydrogen-bond donors (Lipinski definition) is 4. The first kappa shape index (κ1) is 11.6. The molecule has 1 rings (SSSR count). The van der Waals surface area contributed by atoms with Crippen LogP contribution in [-0.2, 0) is 0 Å². The van der Waals surface area contributed by atoms with Gasteiger partial charge in [-0.2, -0.15) is 0 Å². The van der Waals surface area contributed by atoms with Crippen molar-refractivity contribution in [1.82, 2.24) is 0 Å². The number of carbonyl (C=O) groups excluding carboxylic acids is 1. The molecular weight excluding hydrogens is 212 g/mol. The summed E-state index contributed by atoms with van der Waals surface area (Å²) in [5, 5.41) is 13.7. The molecule has 0 aliphatic carbocycles. The molecule has 0 unspecified atom stereocenters. The quantitative estimate of drug-likeness (QED) is 0.255. The van der Waals surface area contributed by atoms with Crippen molar-refractivity contribution in [2.45, 2.75) is 0 Å². The molecule has 0 atom stereocenters. The van der Waals surface area contributed by atoms with Crippen LogP contribution in [0.1, 0.15) is 5.56 Å². The molecule has 86 valence electrons. The van der Waals surface area contributed by atoms with E-state index in [9.17, 15) is 4.79 Å². The number of carbonyl (C=O) groups is 1. The second kappa shape index (κ2) is 4.87. The third-order valence-corrected chi connectivity index (χ3v) is 1.86. The molecule has 16 heavy (non-hydrogen) atoms.